The fourth-order valence-electron chi connectivity index (χ4n) is 1.27. The Labute approximate surface area is 82.2 Å². The van der Waals surface area contributed by atoms with Gasteiger partial charge in [-0.2, -0.15) is 0 Å². The molecule has 0 bridgehead atoms. The van der Waals surface area contributed by atoms with Crippen LogP contribution in [0, 0.1) is 0 Å². The van der Waals surface area contributed by atoms with Gasteiger partial charge in [0.25, 0.3) is 0 Å². The standard InChI is InChI=1S/C12H21N/c1-5-8-9-11(6-2)12(7-3)10-13-4/h6-7,13H,2-3,5,8-10H2,1,4H3/b12-11-. The average Bonchev–Trinajstić information content (AvgIpc) is 2.17. The maximum atomic E-state index is 3.83. The van der Waals surface area contributed by atoms with Crippen LogP contribution in [0.4, 0.5) is 0 Å². The summed E-state index contributed by atoms with van der Waals surface area (Å²) in [5.74, 6) is 0. The van der Waals surface area contributed by atoms with Crippen LogP contribution >= 0.6 is 0 Å². The topological polar surface area (TPSA) is 12.0 Å². The third-order valence-corrected chi connectivity index (χ3v) is 2.07. The van der Waals surface area contributed by atoms with Gasteiger partial charge in [-0.3, -0.25) is 0 Å². The Kier molecular flexibility index (Phi) is 7.32. The summed E-state index contributed by atoms with van der Waals surface area (Å²) >= 11 is 0. The van der Waals surface area contributed by atoms with E-state index in [2.05, 4.69) is 25.4 Å². The SMILES string of the molecule is C=C/C(CCCC)=C(\C=C)CNC. The normalized spacial score (nSPS) is 12.2. The van der Waals surface area contributed by atoms with Crippen molar-refractivity contribution in [2.24, 2.45) is 0 Å². The molecule has 1 heteroatoms. The third-order valence-electron chi connectivity index (χ3n) is 2.07. The summed E-state index contributed by atoms with van der Waals surface area (Å²) < 4.78 is 0. The molecule has 0 amide bonds. The smallest absolute Gasteiger partial charge is 0.0205 e. The van der Waals surface area contributed by atoms with Crippen molar-refractivity contribution in [2.45, 2.75) is 26.2 Å². The number of likely N-dealkylation sites (N-methyl/N-ethyl adjacent to an activating group) is 1. The monoisotopic (exact) mass is 179 g/mol. The van der Waals surface area contributed by atoms with Gasteiger partial charge in [-0.25, -0.2) is 0 Å². The summed E-state index contributed by atoms with van der Waals surface area (Å²) in [7, 11) is 1.95. The summed E-state index contributed by atoms with van der Waals surface area (Å²) in [5.41, 5.74) is 2.59. The van der Waals surface area contributed by atoms with Crippen LogP contribution in [0.15, 0.2) is 36.5 Å². The molecule has 0 saturated carbocycles. The fourth-order valence-corrected chi connectivity index (χ4v) is 1.27. The molecule has 0 aromatic rings. The molecule has 0 fully saturated rings. The second-order valence-electron chi connectivity index (χ2n) is 3.09. The second kappa shape index (κ2) is 7.81. The number of rotatable bonds is 7. The lowest BCUT2D eigenvalue weighted by molar-refractivity contribution is 0.785. The molecule has 0 aliphatic heterocycles. The van der Waals surface area contributed by atoms with Crippen LogP contribution in [-0.2, 0) is 0 Å². The van der Waals surface area contributed by atoms with Gasteiger partial charge in [0.2, 0.25) is 0 Å². The van der Waals surface area contributed by atoms with Crippen LogP contribution in [0.25, 0.3) is 0 Å². The van der Waals surface area contributed by atoms with Gasteiger partial charge < -0.3 is 5.32 Å². The predicted molar refractivity (Wildman–Crippen MR) is 60.9 cm³/mol. The number of allylic oxidation sites excluding steroid dienone is 2. The van der Waals surface area contributed by atoms with Gasteiger partial charge in [-0.05, 0) is 31.0 Å². The Morgan fingerprint density at radius 1 is 1.23 bits per heavy atom. The first-order chi connectivity index (χ1) is 6.29. The quantitative estimate of drug-likeness (QED) is 0.592. The number of nitrogens with one attached hydrogen (secondary N) is 1. The molecule has 74 valence electrons. The summed E-state index contributed by atoms with van der Waals surface area (Å²) in [6, 6.07) is 0. The van der Waals surface area contributed by atoms with Crippen molar-refractivity contribution in [3.8, 4) is 0 Å². The van der Waals surface area contributed by atoms with E-state index in [0.717, 1.165) is 13.0 Å². The lowest BCUT2D eigenvalue weighted by atomic mass is 10.0. The molecule has 0 spiro atoms. The molecule has 0 unspecified atom stereocenters. The molecule has 0 aromatic carbocycles. The number of unbranched alkanes of at least 4 members (excludes halogenated alkanes) is 1. The van der Waals surface area contributed by atoms with Crippen LogP contribution in [0.3, 0.4) is 0 Å². The van der Waals surface area contributed by atoms with Gasteiger partial charge in [-0.1, -0.05) is 38.7 Å². The first-order valence-corrected chi connectivity index (χ1v) is 4.91. The maximum absolute atomic E-state index is 3.83. The molecular formula is C12H21N. The number of hydrogen-bond donors (Lipinski definition) is 1. The lowest BCUT2D eigenvalue weighted by Gasteiger charge is -2.07. The summed E-state index contributed by atoms with van der Waals surface area (Å²) in [6.45, 7) is 10.7. The van der Waals surface area contributed by atoms with Gasteiger partial charge in [-0.15, -0.1) is 0 Å². The first-order valence-electron chi connectivity index (χ1n) is 4.91. The lowest BCUT2D eigenvalue weighted by Crippen LogP contribution is -2.10. The predicted octanol–water partition coefficient (Wildman–Crippen LogP) is 3.06. The van der Waals surface area contributed by atoms with Crippen molar-refractivity contribution >= 4 is 0 Å². The molecular weight excluding hydrogens is 158 g/mol. The summed E-state index contributed by atoms with van der Waals surface area (Å²) in [6.07, 6.45) is 7.43. The molecule has 0 heterocycles. The Balaban J connectivity index is 4.40. The van der Waals surface area contributed by atoms with Gasteiger partial charge in [0.05, 0.1) is 0 Å². The van der Waals surface area contributed by atoms with Gasteiger partial charge in [0.15, 0.2) is 0 Å². The van der Waals surface area contributed by atoms with Gasteiger partial charge in [0, 0.05) is 6.54 Å². The van der Waals surface area contributed by atoms with Crippen LogP contribution < -0.4 is 5.32 Å². The van der Waals surface area contributed by atoms with Crippen molar-refractivity contribution in [2.75, 3.05) is 13.6 Å². The highest BCUT2D eigenvalue weighted by Gasteiger charge is 1.98. The van der Waals surface area contributed by atoms with Crippen LogP contribution in [0.1, 0.15) is 26.2 Å². The molecule has 0 saturated heterocycles. The van der Waals surface area contributed by atoms with Gasteiger partial charge >= 0.3 is 0 Å². The second-order valence-corrected chi connectivity index (χ2v) is 3.09. The largest absolute Gasteiger partial charge is 0.316 e. The van der Waals surface area contributed by atoms with E-state index in [9.17, 15) is 0 Å². The average molecular weight is 179 g/mol. The first kappa shape index (κ1) is 12.2. The Hall–Kier alpha value is -0.820. The Morgan fingerprint density at radius 3 is 2.23 bits per heavy atom. The van der Waals surface area contributed by atoms with Crippen LogP contribution in [-0.4, -0.2) is 13.6 Å². The van der Waals surface area contributed by atoms with Crippen LogP contribution in [0.5, 0.6) is 0 Å². The fraction of sp³-hybridized carbons (Fsp3) is 0.500. The zero-order valence-corrected chi connectivity index (χ0v) is 8.90. The van der Waals surface area contributed by atoms with E-state index in [4.69, 9.17) is 0 Å². The van der Waals surface area contributed by atoms with Crippen molar-refractivity contribution < 1.29 is 0 Å². The van der Waals surface area contributed by atoms with E-state index >= 15 is 0 Å². The maximum Gasteiger partial charge on any atom is 0.0205 e. The zero-order valence-electron chi connectivity index (χ0n) is 8.90. The highest BCUT2D eigenvalue weighted by Crippen LogP contribution is 2.14. The summed E-state index contributed by atoms with van der Waals surface area (Å²) in [5, 5.41) is 3.13. The van der Waals surface area contributed by atoms with E-state index in [-0.39, 0.29) is 0 Å². The van der Waals surface area contributed by atoms with E-state index < -0.39 is 0 Å². The van der Waals surface area contributed by atoms with Crippen molar-refractivity contribution in [1.82, 2.24) is 5.32 Å². The minimum absolute atomic E-state index is 0.883. The molecule has 0 aliphatic carbocycles. The van der Waals surface area contributed by atoms with Crippen molar-refractivity contribution in [3.63, 3.8) is 0 Å². The molecule has 1 nitrogen and oxygen atoms in total. The molecule has 13 heavy (non-hydrogen) atoms. The highest BCUT2D eigenvalue weighted by atomic mass is 14.8. The van der Waals surface area contributed by atoms with Crippen LogP contribution in [0.2, 0.25) is 0 Å². The van der Waals surface area contributed by atoms with E-state index in [1.807, 2.05) is 19.2 Å². The molecule has 0 rings (SSSR count). The minimum atomic E-state index is 0.883. The minimum Gasteiger partial charge on any atom is -0.316 e. The van der Waals surface area contributed by atoms with Crippen molar-refractivity contribution in [3.05, 3.63) is 36.5 Å². The van der Waals surface area contributed by atoms with E-state index in [1.54, 1.807) is 0 Å². The van der Waals surface area contributed by atoms with E-state index in [1.165, 1.54) is 24.0 Å². The van der Waals surface area contributed by atoms with E-state index in [0.29, 0.717) is 0 Å². The Bertz CT molecular complexity index is 189. The molecule has 0 atom stereocenters. The molecule has 0 aliphatic rings. The third kappa shape index (κ3) is 4.69. The summed E-state index contributed by atoms with van der Waals surface area (Å²) in [4.78, 5) is 0. The Morgan fingerprint density at radius 2 is 1.85 bits per heavy atom. The van der Waals surface area contributed by atoms with Crippen molar-refractivity contribution in [1.29, 1.82) is 0 Å². The molecule has 0 radical (unpaired) electrons. The molecule has 0 aromatic heterocycles. The highest BCUT2D eigenvalue weighted by molar-refractivity contribution is 5.32. The van der Waals surface area contributed by atoms with Gasteiger partial charge in [0.1, 0.15) is 0 Å². The molecule has 1 N–H and O–H groups in total. The number of hydrogen-bond acceptors (Lipinski definition) is 1. The zero-order chi connectivity index (χ0) is 10.1.